The van der Waals surface area contributed by atoms with Crippen LogP contribution in [0.5, 0.6) is 0 Å². The molecule has 0 aliphatic heterocycles. The van der Waals surface area contributed by atoms with Crippen LogP contribution >= 0.6 is 0 Å². The zero-order valence-electron chi connectivity index (χ0n) is 19.7. The molecule has 0 saturated carbocycles. The fourth-order valence-corrected chi connectivity index (χ4v) is 4.67. The van der Waals surface area contributed by atoms with Gasteiger partial charge in [0.25, 0.3) is 0 Å². The van der Waals surface area contributed by atoms with Crippen LogP contribution in [0.1, 0.15) is 0 Å². The Balaban J connectivity index is 1.46. The highest BCUT2D eigenvalue weighted by molar-refractivity contribution is 6.10. The highest BCUT2D eigenvalue weighted by Gasteiger charge is 2.17. The van der Waals surface area contributed by atoms with Crippen LogP contribution in [0.4, 0.5) is 0 Å². The quantitative estimate of drug-likeness (QED) is 0.281. The lowest BCUT2D eigenvalue weighted by Crippen LogP contribution is -2.01. The van der Waals surface area contributed by atoms with Gasteiger partial charge in [0.2, 0.25) is 5.95 Å². The average molecular weight is 477 g/mol. The standard InChI is InChI=1S/C31H20N6/c1-3-10-21(11-4-1)28-34-29(22-12-5-2-6-13-22)36-30(35-28)23-16-17-27-25(20-23)24-14-7-8-15-26(24)37(27)31-32-18-9-19-33-31/h1-20H. The molecule has 6 heteroatoms. The maximum Gasteiger partial charge on any atom is 0.234 e. The first-order valence-electron chi connectivity index (χ1n) is 12.0. The Labute approximate surface area is 213 Å². The van der Waals surface area contributed by atoms with Crippen molar-refractivity contribution in [1.82, 2.24) is 29.5 Å². The van der Waals surface area contributed by atoms with Crippen molar-refractivity contribution in [2.75, 3.05) is 0 Å². The van der Waals surface area contributed by atoms with Crippen LogP contribution in [0, 0.1) is 0 Å². The fraction of sp³-hybridized carbons (Fsp3) is 0. The summed E-state index contributed by atoms with van der Waals surface area (Å²) >= 11 is 0. The summed E-state index contributed by atoms with van der Waals surface area (Å²) in [5.41, 5.74) is 4.88. The third-order valence-electron chi connectivity index (χ3n) is 6.38. The summed E-state index contributed by atoms with van der Waals surface area (Å²) in [6, 6.07) is 36.4. The van der Waals surface area contributed by atoms with Crippen LogP contribution < -0.4 is 0 Å². The van der Waals surface area contributed by atoms with Crippen LogP contribution in [0.25, 0.3) is 61.9 Å². The second-order valence-corrected chi connectivity index (χ2v) is 8.67. The van der Waals surface area contributed by atoms with Crippen molar-refractivity contribution >= 4 is 21.8 Å². The van der Waals surface area contributed by atoms with Crippen molar-refractivity contribution in [3.8, 4) is 40.1 Å². The molecule has 0 saturated heterocycles. The van der Waals surface area contributed by atoms with Crippen LogP contribution in [0.3, 0.4) is 0 Å². The van der Waals surface area contributed by atoms with Gasteiger partial charge in [-0.3, -0.25) is 4.57 Å². The van der Waals surface area contributed by atoms with E-state index in [4.69, 9.17) is 15.0 Å². The molecule has 3 heterocycles. The SMILES string of the molecule is c1ccc(-c2nc(-c3ccccc3)nc(-c3ccc4c(c3)c3ccccc3n4-c3ncccn3)n2)cc1. The number of rotatable bonds is 4. The van der Waals surface area contributed by atoms with Gasteiger partial charge in [0.05, 0.1) is 11.0 Å². The van der Waals surface area contributed by atoms with E-state index in [0.717, 1.165) is 38.5 Å². The third kappa shape index (κ3) is 3.72. The highest BCUT2D eigenvalue weighted by atomic mass is 15.1. The van der Waals surface area contributed by atoms with E-state index >= 15 is 0 Å². The van der Waals surface area contributed by atoms with Gasteiger partial charge in [0.1, 0.15) is 0 Å². The number of para-hydroxylation sites is 1. The molecule has 0 fully saturated rings. The minimum absolute atomic E-state index is 0.627. The van der Waals surface area contributed by atoms with E-state index in [1.165, 1.54) is 0 Å². The Hall–Kier alpha value is -5.23. The Morgan fingerprint density at radius 2 is 0.973 bits per heavy atom. The highest BCUT2D eigenvalue weighted by Crippen LogP contribution is 2.34. The summed E-state index contributed by atoms with van der Waals surface area (Å²) in [5.74, 6) is 2.55. The van der Waals surface area contributed by atoms with Crippen molar-refractivity contribution in [2.45, 2.75) is 0 Å². The summed E-state index contributed by atoms with van der Waals surface area (Å²) in [6.07, 6.45) is 3.52. The molecule has 0 atom stereocenters. The van der Waals surface area contributed by atoms with Gasteiger partial charge in [-0.05, 0) is 30.3 Å². The Morgan fingerprint density at radius 3 is 1.62 bits per heavy atom. The molecular weight excluding hydrogens is 456 g/mol. The Bertz CT molecular complexity index is 1810. The molecule has 4 aromatic carbocycles. The first-order valence-corrected chi connectivity index (χ1v) is 12.0. The second kappa shape index (κ2) is 8.77. The first-order chi connectivity index (χ1) is 18.3. The van der Waals surface area contributed by atoms with Crippen LogP contribution in [0.15, 0.2) is 122 Å². The summed E-state index contributed by atoms with van der Waals surface area (Å²) in [5, 5.41) is 2.20. The molecule has 7 rings (SSSR count). The van der Waals surface area contributed by atoms with Gasteiger partial charge in [0, 0.05) is 39.9 Å². The molecular formula is C31H20N6. The molecule has 6 nitrogen and oxygen atoms in total. The fourth-order valence-electron chi connectivity index (χ4n) is 4.67. The normalized spacial score (nSPS) is 11.2. The lowest BCUT2D eigenvalue weighted by Gasteiger charge is -2.09. The van der Waals surface area contributed by atoms with Crippen LogP contribution in [0.2, 0.25) is 0 Å². The van der Waals surface area contributed by atoms with Gasteiger partial charge < -0.3 is 0 Å². The average Bonchev–Trinajstić information content (AvgIpc) is 3.32. The minimum atomic E-state index is 0.627. The molecule has 0 unspecified atom stereocenters. The van der Waals surface area contributed by atoms with Crippen molar-refractivity contribution in [1.29, 1.82) is 0 Å². The molecule has 0 aliphatic rings. The smallest absolute Gasteiger partial charge is 0.234 e. The molecule has 0 N–H and O–H groups in total. The summed E-state index contributed by atoms with van der Waals surface area (Å²) in [6.45, 7) is 0. The Kier molecular flexibility index (Phi) is 5.00. The van der Waals surface area contributed by atoms with E-state index in [2.05, 4.69) is 50.9 Å². The number of fused-ring (bicyclic) bond motifs is 3. The van der Waals surface area contributed by atoms with Crippen LogP contribution in [-0.4, -0.2) is 29.5 Å². The largest absolute Gasteiger partial charge is 0.278 e. The van der Waals surface area contributed by atoms with E-state index in [1.54, 1.807) is 12.4 Å². The summed E-state index contributed by atoms with van der Waals surface area (Å²) < 4.78 is 2.09. The van der Waals surface area contributed by atoms with E-state index in [9.17, 15) is 0 Å². The maximum absolute atomic E-state index is 4.90. The summed E-state index contributed by atoms with van der Waals surface area (Å²) in [7, 11) is 0. The van der Waals surface area contributed by atoms with Crippen molar-refractivity contribution in [3.05, 3.63) is 122 Å². The number of hydrogen-bond donors (Lipinski definition) is 0. The lowest BCUT2D eigenvalue weighted by molar-refractivity contribution is 0.988. The van der Waals surface area contributed by atoms with E-state index in [1.807, 2.05) is 72.8 Å². The van der Waals surface area contributed by atoms with E-state index in [0.29, 0.717) is 23.4 Å². The molecule has 0 aliphatic carbocycles. The van der Waals surface area contributed by atoms with Crippen molar-refractivity contribution in [2.24, 2.45) is 0 Å². The Morgan fingerprint density at radius 1 is 0.432 bits per heavy atom. The van der Waals surface area contributed by atoms with Gasteiger partial charge in [0.15, 0.2) is 17.5 Å². The van der Waals surface area contributed by atoms with E-state index in [-0.39, 0.29) is 0 Å². The second-order valence-electron chi connectivity index (χ2n) is 8.67. The number of hydrogen-bond acceptors (Lipinski definition) is 5. The monoisotopic (exact) mass is 476 g/mol. The number of benzene rings is 4. The molecule has 0 radical (unpaired) electrons. The predicted octanol–water partition coefficient (Wildman–Crippen LogP) is 6.76. The first kappa shape index (κ1) is 21.1. The summed E-state index contributed by atoms with van der Waals surface area (Å²) in [4.78, 5) is 23.6. The molecule has 0 bridgehead atoms. The molecule has 37 heavy (non-hydrogen) atoms. The molecule has 0 amide bonds. The van der Waals surface area contributed by atoms with Gasteiger partial charge in [-0.25, -0.2) is 24.9 Å². The maximum atomic E-state index is 4.90. The van der Waals surface area contributed by atoms with Gasteiger partial charge >= 0.3 is 0 Å². The number of nitrogens with zero attached hydrogens (tertiary/aromatic N) is 6. The van der Waals surface area contributed by atoms with Crippen LogP contribution in [-0.2, 0) is 0 Å². The topological polar surface area (TPSA) is 69.4 Å². The molecule has 7 aromatic rings. The number of aromatic nitrogens is 6. The zero-order valence-corrected chi connectivity index (χ0v) is 19.7. The molecule has 0 spiro atoms. The van der Waals surface area contributed by atoms with Gasteiger partial charge in [-0.1, -0.05) is 78.9 Å². The molecule has 3 aromatic heterocycles. The third-order valence-corrected chi connectivity index (χ3v) is 6.38. The van der Waals surface area contributed by atoms with Gasteiger partial charge in [-0.2, -0.15) is 0 Å². The molecule has 174 valence electrons. The van der Waals surface area contributed by atoms with E-state index < -0.39 is 0 Å². The van der Waals surface area contributed by atoms with Crippen molar-refractivity contribution < 1.29 is 0 Å². The minimum Gasteiger partial charge on any atom is -0.278 e. The lowest BCUT2D eigenvalue weighted by atomic mass is 10.1. The van der Waals surface area contributed by atoms with Gasteiger partial charge in [-0.15, -0.1) is 0 Å². The van der Waals surface area contributed by atoms with Crippen molar-refractivity contribution in [3.63, 3.8) is 0 Å². The zero-order chi connectivity index (χ0) is 24.6. The predicted molar refractivity (Wildman–Crippen MR) is 146 cm³/mol.